The molecule has 66 valence electrons. The van der Waals surface area contributed by atoms with Gasteiger partial charge in [-0.25, -0.2) is 0 Å². The largest absolute Gasteiger partial charge is 0.479 e. The highest BCUT2D eigenvalue weighted by Crippen LogP contribution is 2.27. The Morgan fingerprint density at radius 3 is 2.92 bits per heavy atom. The average Bonchev–Trinajstić information content (AvgIpc) is 2.18. The topological polar surface area (TPSA) is 35.0 Å². The summed E-state index contributed by atoms with van der Waals surface area (Å²) in [7, 11) is 1.59. The summed E-state index contributed by atoms with van der Waals surface area (Å²) in [6.07, 6.45) is 1.71. The van der Waals surface area contributed by atoms with Crippen molar-refractivity contribution in [1.29, 1.82) is 0 Å². The highest BCUT2D eigenvalue weighted by Gasteiger charge is 2.04. The summed E-state index contributed by atoms with van der Waals surface area (Å²) in [4.78, 5) is 0. The maximum absolute atomic E-state index is 5.09. The first-order valence-corrected chi connectivity index (χ1v) is 4.56. The molecule has 2 aromatic rings. The minimum atomic E-state index is 0.554. The minimum Gasteiger partial charge on any atom is -0.479 e. The Kier molecular flexibility index (Phi) is 2.14. The first-order chi connectivity index (χ1) is 6.33. The standard InChI is InChI=1S/C9H7BrN2O/c1-13-9-6-3-2-4-8(10)7(6)5-11-12-9/h2-5H,1H3. The molecule has 0 radical (unpaired) electrons. The quantitative estimate of drug-likeness (QED) is 0.766. The molecule has 0 unspecified atom stereocenters. The molecule has 1 aromatic carbocycles. The first-order valence-electron chi connectivity index (χ1n) is 3.77. The Bertz CT molecular complexity index is 445. The van der Waals surface area contributed by atoms with Crippen LogP contribution < -0.4 is 4.74 Å². The van der Waals surface area contributed by atoms with Crippen LogP contribution >= 0.6 is 15.9 Å². The molecule has 0 saturated carbocycles. The van der Waals surface area contributed by atoms with Crippen LogP contribution in [0.3, 0.4) is 0 Å². The summed E-state index contributed by atoms with van der Waals surface area (Å²) in [5.41, 5.74) is 0. The minimum absolute atomic E-state index is 0.554. The van der Waals surface area contributed by atoms with Crippen LogP contribution in [0, 0.1) is 0 Å². The van der Waals surface area contributed by atoms with Gasteiger partial charge in [0.1, 0.15) is 0 Å². The number of fused-ring (bicyclic) bond motifs is 1. The second-order valence-corrected chi connectivity index (χ2v) is 3.41. The van der Waals surface area contributed by atoms with Gasteiger partial charge < -0.3 is 4.74 Å². The van der Waals surface area contributed by atoms with Crippen molar-refractivity contribution in [3.05, 3.63) is 28.9 Å². The van der Waals surface area contributed by atoms with Crippen LogP contribution in [-0.2, 0) is 0 Å². The van der Waals surface area contributed by atoms with Gasteiger partial charge in [0.2, 0.25) is 5.88 Å². The third-order valence-corrected chi connectivity index (χ3v) is 2.50. The van der Waals surface area contributed by atoms with Crippen molar-refractivity contribution < 1.29 is 4.74 Å². The molecule has 0 aliphatic heterocycles. The number of ether oxygens (including phenoxy) is 1. The fourth-order valence-corrected chi connectivity index (χ4v) is 1.67. The molecule has 0 saturated heterocycles. The number of aromatic nitrogens is 2. The summed E-state index contributed by atoms with van der Waals surface area (Å²) in [6.45, 7) is 0. The lowest BCUT2D eigenvalue weighted by atomic mass is 10.2. The van der Waals surface area contributed by atoms with Gasteiger partial charge in [0.05, 0.1) is 13.3 Å². The number of nitrogens with zero attached hydrogens (tertiary/aromatic N) is 2. The van der Waals surface area contributed by atoms with E-state index in [0.717, 1.165) is 15.2 Å². The molecule has 2 rings (SSSR count). The maximum atomic E-state index is 5.09. The monoisotopic (exact) mass is 238 g/mol. The molecule has 0 aliphatic rings. The zero-order valence-electron chi connectivity index (χ0n) is 6.99. The van der Waals surface area contributed by atoms with Crippen molar-refractivity contribution in [2.75, 3.05) is 7.11 Å². The molecular formula is C9H7BrN2O. The molecule has 4 heteroatoms. The van der Waals surface area contributed by atoms with Gasteiger partial charge in [0.15, 0.2) is 0 Å². The number of halogens is 1. The zero-order valence-corrected chi connectivity index (χ0v) is 8.58. The van der Waals surface area contributed by atoms with Crippen molar-refractivity contribution >= 4 is 26.7 Å². The summed E-state index contributed by atoms with van der Waals surface area (Å²) in [5.74, 6) is 0.554. The van der Waals surface area contributed by atoms with Crippen LogP contribution in [-0.4, -0.2) is 17.3 Å². The third-order valence-electron chi connectivity index (χ3n) is 1.81. The molecule has 0 N–H and O–H groups in total. The maximum Gasteiger partial charge on any atom is 0.241 e. The Morgan fingerprint density at radius 2 is 2.15 bits per heavy atom. The molecular weight excluding hydrogens is 232 g/mol. The number of benzene rings is 1. The van der Waals surface area contributed by atoms with Crippen molar-refractivity contribution in [1.82, 2.24) is 10.2 Å². The van der Waals surface area contributed by atoms with Crippen LogP contribution in [0.2, 0.25) is 0 Å². The van der Waals surface area contributed by atoms with E-state index >= 15 is 0 Å². The van der Waals surface area contributed by atoms with Crippen molar-refractivity contribution in [2.24, 2.45) is 0 Å². The summed E-state index contributed by atoms with van der Waals surface area (Å²) in [5, 5.41) is 9.69. The van der Waals surface area contributed by atoms with Gasteiger partial charge in [0.25, 0.3) is 0 Å². The Hall–Kier alpha value is -1.16. The zero-order chi connectivity index (χ0) is 9.26. The second kappa shape index (κ2) is 3.30. The average molecular weight is 239 g/mol. The van der Waals surface area contributed by atoms with Crippen LogP contribution in [0.15, 0.2) is 28.9 Å². The van der Waals surface area contributed by atoms with E-state index in [9.17, 15) is 0 Å². The van der Waals surface area contributed by atoms with E-state index < -0.39 is 0 Å². The Labute approximate surface area is 83.9 Å². The van der Waals surface area contributed by atoms with E-state index in [1.54, 1.807) is 13.3 Å². The van der Waals surface area contributed by atoms with Gasteiger partial charge in [-0.3, -0.25) is 0 Å². The fraction of sp³-hybridized carbons (Fsp3) is 0.111. The lowest BCUT2D eigenvalue weighted by Crippen LogP contribution is -1.91. The van der Waals surface area contributed by atoms with E-state index in [0.29, 0.717) is 5.88 Å². The summed E-state index contributed by atoms with van der Waals surface area (Å²) >= 11 is 3.44. The second-order valence-electron chi connectivity index (χ2n) is 2.55. The van der Waals surface area contributed by atoms with Gasteiger partial charge in [-0.15, -0.1) is 5.10 Å². The molecule has 0 fully saturated rings. The predicted octanol–water partition coefficient (Wildman–Crippen LogP) is 2.40. The van der Waals surface area contributed by atoms with Crippen molar-refractivity contribution in [3.8, 4) is 5.88 Å². The van der Waals surface area contributed by atoms with Crippen molar-refractivity contribution in [3.63, 3.8) is 0 Å². The SMILES string of the molecule is COc1nncc2c(Br)cccc12. The van der Waals surface area contributed by atoms with Crippen LogP contribution in [0.1, 0.15) is 0 Å². The smallest absolute Gasteiger partial charge is 0.241 e. The molecule has 0 bridgehead atoms. The van der Waals surface area contributed by atoms with Gasteiger partial charge in [-0.05, 0) is 12.1 Å². The molecule has 0 spiro atoms. The molecule has 0 aliphatic carbocycles. The van der Waals surface area contributed by atoms with Gasteiger partial charge in [-0.2, -0.15) is 5.10 Å². The van der Waals surface area contributed by atoms with E-state index in [1.807, 2.05) is 18.2 Å². The van der Waals surface area contributed by atoms with Crippen LogP contribution in [0.4, 0.5) is 0 Å². The van der Waals surface area contributed by atoms with E-state index in [4.69, 9.17) is 4.74 Å². The number of hydrogen-bond acceptors (Lipinski definition) is 3. The number of rotatable bonds is 1. The fourth-order valence-electron chi connectivity index (χ4n) is 1.20. The highest BCUT2D eigenvalue weighted by atomic mass is 79.9. The van der Waals surface area contributed by atoms with E-state index in [-0.39, 0.29) is 0 Å². The summed E-state index contributed by atoms with van der Waals surface area (Å²) < 4.78 is 6.09. The van der Waals surface area contributed by atoms with Gasteiger partial charge in [0, 0.05) is 15.2 Å². The van der Waals surface area contributed by atoms with Crippen LogP contribution in [0.25, 0.3) is 10.8 Å². The van der Waals surface area contributed by atoms with E-state index in [2.05, 4.69) is 26.1 Å². The molecule has 0 atom stereocenters. The Morgan fingerprint density at radius 1 is 1.31 bits per heavy atom. The van der Waals surface area contributed by atoms with E-state index in [1.165, 1.54) is 0 Å². The normalized spacial score (nSPS) is 10.3. The Balaban J connectivity index is 2.84. The molecule has 3 nitrogen and oxygen atoms in total. The predicted molar refractivity (Wildman–Crippen MR) is 53.8 cm³/mol. The lowest BCUT2D eigenvalue weighted by Gasteiger charge is -2.03. The first kappa shape index (κ1) is 8.44. The lowest BCUT2D eigenvalue weighted by molar-refractivity contribution is 0.398. The number of hydrogen-bond donors (Lipinski definition) is 0. The van der Waals surface area contributed by atoms with Crippen LogP contribution in [0.5, 0.6) is 5.88 Å². The summed E-state index contributed by atoms with van der Waals surface area (Å²) in [6, 6.07) is 5.85. The molecule has 1 heterocycles. The highest BCUT2D eigenvalue weighted by molar-refractivity contribution is 9.10. The van der Waals surface area contributed by atoms with Gasteiger partial charge in [-0.1, -0.05) is 22.0 Å². The molecule has 13 heavy (non-hydrogen) atoms. The van der Waals surface area contributed by atoms with Gasteiger partial charge >= 0.3 is 0 Å². The molecule has 1 aromatic heterocycles. The number of methoxy groups -OCH3 is 1. The third kappa shape index (κ3) is 1.37. The van der Waals surface area contributed by atoms with Crippen molar-refractivity contribution in [2.45, 2.75) is 0 Å². The molecule has 0 amide bonds.